The van der Waals surface area contributed by atoms with Crippen molar-refractivity contribution in [2.75, 3.05) is 23.8 Å². The van der Waals surface area contributed by atoms with Gasteiger partial charge in [-0.25, -0.2) is 4.98 Å². The zero-order valence-electron chi connectivity index (χ0n) is 14.7. The zero-order chi connectivity index (χ0) is 19.1. The molecular weight excluding hydrogens is 366 g/mol. The molecule has 0 bridgehead atoms. The molecular formula is C18H22ClN7O. The molecule has 1 aromatic carbocycles. The van der Waals surface area contributed by atoms with Crippen molar-refractivity contribution in [3.63, 3.8) is 0 Å². The molecule has 2 aromatic heterocycles. The van der Waals surface area contributed by atoms with Gasteiger partial charge in [0.05, 0.1) is 30.7 Å². The van der Waals surface area contributed by atoms with Gasteiger partial charge in [-0.3, -0.25) is 4.68 Å². The first-order valence-corrected chi connectivity index (χ1v) is 9.02. The number of rotatable bonds is 9. The third-order valence-electron chi connectivity index (χ3n) is 3.92. The lowest BCUT2D eigenvalue weighted by atomic mass is 10.1. The molecule has 9 heteroatoms. The minimum absolute atomic E-state index is 0.0962. The molecule has 27 heavy (non-hydrogen) atoms. The van der Waals surface area contributed by atoms with E-state index >= 15 is 0 Å². The summed E-state index contributed by atoms with van der Waals surface area (Å²) < 4.78 is 1.81. The molecule has 8 nitrogen and oxygen atoms in total. The number of nitrogens with two attached hydrogens (primary N) is 1. The fraction of sp³-hybridized carbons (Fsp3) is 0.278. The van der Waals surface area contributed by atoms with Crippen LogP contribution in [0, 0.1) is 0 Å². The van der Waals surface area contributed by atoms with Crippen LogP contribution in [0.5, 0.6) is 0 Å². The highest BCUT2D eigenvalue weighted by molar-refractivity contribution is 6.32. The SMILES string of the molecule is NCCCn1cc(Nc2ncc(Cl)c(NC(CO)c3ccccc3)n2)cn1. The first kappa shape index (κ1) is 19.1. The predicted molar refractivity (Wildman–Crippen MR) is 106 cm³/mol. The van der Waals surface area contributed by atoms with E-state index in [0.717, 1.165) is 24.2 Å². The van der Waals surface area contributed by atoms with E-state index in [2.05, 4.69) is 25.7 Å². The topological polar surface area (TPSA) is 114 Å². The molecule has 0 aliphatic heterocycles. The average Bonchev–Trinajstić information content (AvgIpc) is 3.14. The quantitative estimate of drug-likeness (QED) is 0.446. The van der Waals surface area contributed by atoms with Gasteiger partial charge in [-0.1, -0.05) is 41.9 Å². The first-order chi connectivity index (χ1) is 13.2. The van der Waals surface area contributed by atoms with E-state index in [9.17, 15) is 5.11 Å². The van der Waals surface area contributed by atoms with Gasteiger partial charge in [0, 0.05) is 12.7 Å². The molecule has 5 N–H and O–H groups in total. The summed E-state index contributed by atoms with van der Waals surface area (Å²) in [5, 5.41) is 20.6. The number of aliphatic hydroxyl groups excluding tert-OH is 1. The summed E-state index contributed by atoms with van der Waals surface area (Å²) in [6, 6.07) is 9.28. The van der Waals surface area contributed by atoms with Gasteiger partial charge in [0.15, 0.2) is 5.82 Å². The van der Waals surface area contributed by atoms with Gasteiger partial charge in [-0.05, 0) is 18.5 Å². The highest BCUT2D eigenvalue weighted by Crippen LogP contribution is 2.25. The molecule has 0 spiro atoms. The number of benzene rings is 1. The number of hydrogen-bond acceptors (Lipinski definition) is 7. The molecule has 1 unspecified atom stereocenters. The fourth-order valence-electron chi connectivity index (χ4n) is 2.55. The van der Waals surface area contributed by atoms with Gasteiger partial charge in [0.25, 0.3) is 0 Å². The second-order valence-corrected chi connectivity index (χ2v) is 6.35. The molecule has 1 atom stereocenters. The van der Waals surface area contributed by atoms with Gasteiger partial charge >= 0.3 is 0 Å². The van der Waals surface area contributed by atoms with Crippen LogP contribution in [-0.2, 0) is 6.54 Å². The molecule has 0 aliphatic carbocycles. The maximum atomic E-state index is 9.73. The number of anilines is 3. The number of aryl methyl sites for hydroxylation is 1. The summed E-state index contributed by atoms with van der Waals surface area (Å²) in [5.74, 6) is 0.817. The van der Waals surface area contributed by atoms with Crippen LogP contribution in [-0.4, -0.2) is 38.0 Å². The number of halogens is 1. The molecule has 0 amide bonds. The van der Waals surface area contributed by atoms with Crippen molar-refractivity contribution in [2.24, 2.45) is 5.73 Å². The van der Waals surface area contributed by atoms with Crippen LogP contribution < -0.4 is 16.4 Å². The van der Waals surface area contributed by atoms with Crippen molar-refractivity contribution in [3.8, 4) is 0 Å². The highest BCUT2D eigenvalue weighted by Gasteiger charge is 2.14. The second-order valence-electron chi connectivity index (χ2n) is 5.94. The summed E-state index contributed by atoms with van der Waals surface area (Å²) in [5.41, 5.74) is 7.22. The van der Waals surface area contributed by atoms with Crippen molar-refractivity contribution >= 4 is 29.1 Å². The zero-order valence-corrected chi connectivity index (χ0v) is 15.5. The summed E-state index contributed by atoms with van der Waals surface area (Å²) in [6.07, 6.45) is 5.93. The molecule has 2 heterocycles. The lowest BCUT2D eigenvalue weighted by Gasteiger charge is -2.18. The van der Waals surface area contributed by atoms with Gasteiger partial charge < -0.3 is 21.5 Å². The van der Waals surface area contributed by atoms with Crippen LogP contribution in [0.2, 0.25) is 5.02 Å². The van der Waals surface area contributed by atoms with E-state index in [1.807, 2.05) is 41.2 Å². The maximum absolute atomic E-state index is 9.73. The molecule has 0 saturated carbocycles. The van der Waals surface area contributed by atoms with Gasteiger partial charge in [0.1, 0.15) is 5.02 Å². The van der Waals surface area contributed by atoms with Crippen LogP contribution >= 0.6 is 11.6 Å². The monoisotopic (exact) mass is 387 g/mol. The molecule has 3 aromatic rings. The van der Waals surface area contributed by atoms with Crippen molar-refractivity contribution in [1.29, 1.82) is 0 Å². The Morgan fingerprint density at radius 1 is 1.22 bits per heavy atom. The van der Waals surface area contributed by atoms with Crippen LogP contribution in [0.25, 0.3) is 0 Å². The number of aliphatic hydroxyl groups is 1. The Labute approximate surface area is 162 Å². The predicted octanol–water partition coefficient (Wildman–Crippen LogP) is 2.56. The van der Waals surface area contributed by atoms with Gasteiger partial charge in [-0.2, -0.15) is 10.1 Å². The molecule has 0 aliphatic rings. The molecule has 3 rings (SSSR count). The van der Waals surface area contributed by atoms with E-state index in [-0.39, 0.29) is 12.6 Å². The van der Waals surface area contributed by atoms with Crippen LogP contribution in [0.1, 0.15) is 18.0 Å². The third kappa shape index (κ3) is 5.16. The van der Waals surface area contributed by atoms with Crippen LogP contribution in [0.15, 0.2) is 48.9 Å². The van der Waals surface area contributed by atoms with Gasteiger partial charge in [-0.15, -0.1) is 0 Å². The summed E-state index contributed by atoms with van der Waals surface area (Å²) in [4.78, 5) is 8.62. The summed E-state index contributed by atoms with van der Waals surface area (Å²) in [6.45, 7) is 1.27. The Hall–Kier alpha value is -2.68. The number of nitrogens with one attached hydrogen (secondary N) is 2. The van der Waals surface area contributed by atoms with Crippen molar-refractivity contribution in [3.05, 3.63) is 59.5 Å². The second kappa shape index (κ2) is 9.31. The van der Waals surface area contributed by atoms with Crippen molar-refractivity contribution < 1.29 is 5.11 Å². The molecule has 142 valence electrons. The van der Waals surface area contributed by atoms with E-state index in [1.54, 1.807) is 6.20 Å². The first-order valence-electron chi connectivity index (χ1n) is 8.64. The Bertz CT molecular complexity index is 856. The summed E-state index contributed by atoms with van der Waals surface area (Å²) >= 11 is 6.22. The largest absolute Gasteiger partial charge is 0.394 e. The lowest BCUT2D eigenvalue weighted by Crippen LogP contribution is -2.16. The molecule has 0 saturated heterocycles. The molecule has 0 fully saturated rings. The number of hydrogen-bond donors (Lipinski definition) is 4. The van der Waals surface area contributed by atoms with Crippen molar-refractivity contribution in [1.82, 2.24) is 19.7 Å². The Morgan fingerprint density at radius 3 is 2.78 bits per heavy atom. The smallest absolute Gasteiger partial charge is 0.229 e. The third-order valence-corrected chi connectivity index (χ3v) is 4.20. The Kier molecular flexibility index (Phi) is 6.59. The van der Waals surface area contributed by atoms with Crippen molar-refractivity contribution in [2.45, 2.75) is 19.0 Å². The van der Waals surface area contributed by atoms with Gasteiger partial charge in [0.2, 0.25) is 5.95 Å². The fourth-order valence-corrected chi connectivity index (χ4v) is 2.69. The minimum atomic E-state index is -0.328. The van der Waals surface area contributed by atoms with E-state index < -0.39 is 0 Å². The highest BCUT2D eigenvalue weighted by atomic mass is 35.5. The number of nitrogens with zero attached hydrogens (tertiary/aromatic N) is 4. The van der Waals surface area contributed by atoms with Crippen LogP contribution in [0.3, 0.4) is 0 Å². The van der Waals surface area contributed by atoms with E-state index in [1.165, 1.54) is 6.20 Å². The Balaban J connectivity index is 1.73. The minimum Gasteiger partial charge on any atom is -0.394 e. The molecule has 0 radical (unpaired) electrons. The Morgan fingerprint density at radius 2 is 2.04 bits per heavy atom. The average molecular weight is 388 g/mol. The maximum Gasteiger partial charge on any atom is 0.229 e. The standard InChI is InChI=1S/C18H22ClN7O/c19-15-10-21-18(23-14-9-22-26(11-14)8-4-7-20)25-17(15)24-16(12-27)13-5-2-1-3-6-13/h1-3,5-6,9-11,16,27H,4,7-8,12,20H2,(H2,21,23,24,25). The lowest BCUT2D eigenvalue weighted by molar-refractivity contribution is 0.276. The summed E-state index contributed by atoms with van der Waals surface area (Å²) in [7, 11) is 0. The normalized spacial score (nSPS) is 12.0. The van der Waals surface area contributed by atoms with Crippen LogP contribution in [0.4, 0.5) is 17.5 Å². The number of aromatic nitrogens is 4. The van der Waals surface area contributed by atoms with E-state index in [4.69, 9.17) is 17.3 Å². The van der Waals surface area contributed by atoms with E-state index in [0.29, 0.717) is 23.3 Å².